The molecule has 0 bridgehead atoms. The molecule has 1 aromatic carbocycles. The Balaban J connectivity index is 1.49. The Kier molecular flexibility index (Phi) is 5.23. The van der Waals surface area contributed by atoms with Crippen molar-refractivity contribution in [3.63, 3.8) is 0 Å². The molecule has 1 aromatic heterocycles. The second kappa shape index (κ2) is 7.74. The minimum absolute atomic E-state index is 0.143. The monoisotopic (exact) mass is 339 g/mol. The van der Waals surface area contributed by atoms with Crippen LogP contribution in [0, 0.1) is 6.92 Å². The lowest BCUT2D eigenvalue weighted by molar-refractivity contribution is -0.134. The maximum Gasteiger partial charge on any atom is 0.233 e. The van der Waals surface area contributed by atoms with Crippen molar-refractivity contribution in [2.45, 2.75) is 13.3 Å². The highest BCUT2D eigenvalue weighted by Gasteiger charge is 2.24. The second-order valence-corrected chi connectivity index (χ2v) is 5.96. The van der Waals surface area contributed by atoms with Gasteiger partial charge in [0.2, 0.25) is 17.8 Å². The quantitative estimate of drug-likeness (QED) is 0.853. The van der Waals surface area contributed by atoms with E-state index in [-0.39, 0.29) is 18.2 Å². The van der Waals surface area contributed by atoms with Gasteiger partial charge in [-0.2, -0.15) is 0 Å². The molecule has 25 heavy (non-hydrogen) atoms. The fourth-order valence-electron chi connectivity index (χ4n) is 2.77. The molecule has 0 saturated carbocycles. The molecule has 1 aliphatic rings. The lowest BCUT2D eigenvalue weighted by Gasteiger charge is -2.34. The van der Waals surface area contributed by atoms with Crippen molar-refractivity contribution in [3.05, 3.63) is 48.3 Å². The summed E-state index contributed by atoms with van der Waals surface area (Å²) in [4.78, 5) is 36.7. The summed E-state index contributed by atoms with van der Waals surface area (Å²) in [5, 5.41) is 2.80. The number of para-hydroxylation sites is 1. The molecule has 2 amide bonds. The Hall–Kier alpha value is -2.96. The fraction of sp³-hybridized carbons (Fsp3) is 0.333. The molecular weight excluding hydrogens is 318 g/mol. The lowest BCUT2D eigenvalue weighted by Crippen LogP contribution is -2.49. The SMILES string of the molecule is Cc1ccccc1NC(=O)CC(=O)N1CCN(c2ncccn2)CC1. The summed E-state index contributed by atoms with van der Waals surface area (Å²) in [5.74, 6) is 0.236. The Morgan fingerprint density at radius 1 is 1.04 bits per heavy atom. The van der Waals surface area contributed by atoms with E-state index in [1.54, 1.807) is 23.4 Å². The highest BCUT2D eigenvalue weighted by Crippen LogP contribution is 2.14. The van der Waals surface area contributed by atoms with Gasteiger partial charge >= 0.3 is 0 Å². The van der Waals surface area contributed by atoms with Crippen LogP contribution in [0.3, 0.4) is 0 Å². The number of anilines is 2. The normalized spacial score (nSPS) is 14.3. The second-order valence-electron chi connectivity index (χ2n) is 5.96. The first kappa shape index (κ1) is 16.9. The van der Waals surface area contributed by atoms with Gasteiger partial charge in [0.15, 0.2) is 0 Å². The number of hydrogen-bond acceptors (Lipinski definition) is 5. The number of nitrogens with one attached hydrogen (secondary N) is 1. The van der Waals surface area contributed by atoms with E-state index >= 15 is 0 Å². The molecule has 7 nitrogen and oxygen atoms in total. The standard InChI is InChI=1S/C18H21N5O2/c1-14-5-2-3-6-15(14)21-16(24)13-17(25)22-9-11-23(12-10-22)18-19-7-4-8-20-18/h2-8H,9-13H2,1H3,(H,21,24). The molecule has 1 N–H and O–H groups in total. The summed E-state index contributed by atoms with van der Waals surface area (Å²) in [7, 11) is 0. The summed E-state index contributed by atoms with van der Waals surface area (Å²) in [5.41, 5.74) is 1.71. The van der Waals surface area contributed by atoms with Gasteiger partial charge in [-0.1, -0.05) is 18.2 Å². The van der Waals surface area contributed by atoms with Gasteiger partial charge in [-0.05, 0) is 24.6 Å². The van der Waals surface area contributed by atoms with Crippen LogP contribution in [0.25, 0.3) is 0 Å². The van der Waals surface area contributed by atoms with Crippen molar-refractivity contribution in [1.82, 2.24) is 14.9 Å². The van der Waals surface area contributed by atoms with Gasteiger partial charge in [-0.15, -0.1) is 0 Å². The molecule has 7 heteroatoms. The van der Waals surface area contributed by atoms with Crippen molar-refractivity contribution in [3.8, 4) is 0 Å². The predicted molar refractivity (Wildman–Crippen MR) is 95.3 cm³/mol. The lowest BCUT2D eigenvalue weighted by atomic mass is 10.2. The molecule has 0 spiro atoms. The zero-order chi connectivity index (χ0) is 17.6. The number of nitrogens with zero attached hydrogens (tertiary/aromatic N) is 4. The largest absolute Gasteiger partial charge is 0.339 e. The van der Waals surface area contributed by atoms with Gasteiger partial charge in [0.25, 0.3) is 0 Å². The van der Waals surface area contributed by atoms with E-state index in [1.165, 1.54) is 0 Å². The van der Waals surface area contributed by atoms with Crippen LogP contribution in [0.5, 0.6) is 0 Å². The Morgan fingerprint density at radius 2 is 1.72 bits per heavy atom. The number of rotatable bonds is 4. The van der Waals surface area contributed by atoms with Crippen LogP contribution in [-0.2, 0) is 9.59 Å². The summed E-state index contributed by atoms with van der Waals surface area (Å²) in [6, 6.07) is 9.29. The number of amides is 2. The van der Waals surface area contributed by atoms with Crippen LogP contribution in [-0.4, -0.2) is 52.9 Å². The highest BCUT2D eigenvalue weighted by molar-refractivity contribution is 6.03. The average molecular weight is 339 g/mol. The van der Waals surface area contributed by atoms with Gasteiger partial charge in [-0.25, -0.2) is 9.97 Å². The maximum absolute atomic E-state index is 12.3. The third kappa shape index (κ3) is 4.32. The summed E-state index contributed by atoms with van der Waals surface area (Å²) < 4.78 is 0. The number of carbonyl (C=O) groups excluding carboxylic acids is 2. The van der Waals surface area contributed by atoms with E-state index in [4.69, 9.17) is 0 Å². The molecule has 2 aromatic rings. The summed E-state index contributed by atoms with van der Waals surface area (Å²) >= 11 is 0. The van der Waals surface area contributed by atoms with Gasteiger partial charge in [-0.3, -0.25) is 9.59 Å². The fourth-order valence-corrected chi connectivity index (χ4v) is 2.77. The Morgan fingerprint density at radius 3 is 2.40 bits per heavy atom. The number of aryl methyl sites for hydroxylation is 1. The van der Waals surface area contributed by atoms with Crippen LogP contribution in [0.1, 0.15) is 12.0 Å². The highest BCUT2D eigenvalue weighted by atomic mass is 16.2. The minimum Gasteiger partial charge on any atom is -0.339 e. The number of hydrogen-bond donors (Lipinski definition) is 1. The van der Waals surface area contributed by atoms with Crippen molar-refractivity contribution in [2.75, 3.05) is 36.4 Å². The van der Waals surface area contributed by atoms with Crippen molar-refractivity contribution < 1.29 is 9.59 Å². The predicted octanol–water partition coefficient (Wildman–Crippen LogP) is 1.46. The van der Waals surface area contributed by atoms with Crippen molar-refractivity contribution in [2.24, 2.45) is 0 Å². The molecular formula is C18H21N5O2. The molecule has 0 unspecified atom stereocenters. The van der Waals surface area contributed by atoms with Crippen LogP contribution in [0.15, 0.2) is 42.7 Å². The van der Waals surface area contributed by atoms with E-state index in [0.717, 1.165) is 11.3 Å². The van der Waals surface area contributed by atoms with Crippen molar-refractivity contribution in [1.29, 1.82) is 0 Å². The smallest absolute Gasteiger partial charge is 0.233 e. The number of benzene rings is 1. The van der Waals surface area contributed by atoms with Crippen molar-refractivity contribution >= 4 is 23.5 Å². The molecule has 0 radical (unpaired) electrons. The Bertz CT molecular complexity index is 742. The average Bonchev–Trinajstić information content (AvgIpc) is 2.64. The number of carbonyl (C=O) groups is 2. The molecule has 1 saturated heterocycles. The first-order chi connectivity index (χ1) is 12.1. The van der Waals surface area contributed by atoms with Crippen LogP contribution < -0.4 is 10.2 Å². The van der Waals surface area contributed by atoms with E-state index in [1.807, 2.05) is 36.1 Å². The molecule has 0 aliphatic carbocycles. The molecule has 3 rings (SSSR count). The van der Waals surface area contributed by atoms with E-state index in [0.29, 0.717) is 32.1 Å². The number of piperazine rings is 1. The van der Waals surface area contributed by atoms with Crippen LogP contribution in [0.4, 0.5) is 11.6 Å². The van der Waals surface area contributed by atoms with E-state index in [2.05, 4.69) is 15.3 Å². The third-order valence-corrected chi connectivity index (χ3v) is 4.20. The zero-order valence-electron chi connectivity index (χ0n) is 14.2. The van der Waals surface area contributed by atoms with Crippen LogP contribution >= 0.6 is 0 Å². The Labute approximate surface area is 146 Å². The first-order valence-corrected chi connectivity index (χ1v) is 8.29. The van der Waals surface area contributed by atoms with Gasteiger partial charge in [0, 0.05) is 44.3 Å². The first-order valence-electron chi connectivity index (χ1n) is 8.29. The molecule has 130 valence electrons. The zero-order valence-corrected chi connectivity index (χ0v) is 14.2. The van der Waals surface area contributed by atoms with Gasteiger partial charge < -0.3 is 15.1 Å². The maximum atomic E-state index is 12.3. The van der Waals surface area contributed by atoms with E-state index < -0.39 is 0 Å². The van der Waals surface area contributed by atoms with Gasteiger partial charge in [0.1, 0.15) is 6.42 Å². The van der Waals surface area contributed by atoms with Crippen LogP contribution in [0.2, 0.25) is 0 Å². The molecule has 0 atom stereocenters. The minimum atomic E-state index is -0.284. The molecule has 1 aliphatic heterocycles. The number of aromatic nitrogens is 2. The topological polar surface area (TPSA) is 78.4 Å². The van der Waals surface area contributed by atoms with Gasteiger partial charge in [0.05, 0.1) is 0 Å². The summed E-state index contributed by atoms with van der Waals surface area (Å²) in [6.07, 6.45) is 3.27. The van der Waals surface area contributed by atoms with E-state index in [9.17, 15) is 9.59 Å². The summed E-state index contributed by atoms with van der Waals surface area (Å²) in [6.45, 7) is 4.37. The molecule has 1 fully saturated rings. The molecule has 2 heterocycles. The third-order valence-electron chi connectivity index (χ3n) is 4.20.